The van der Waals surface area contributed by atoms with Gasteiger partial charge in [-0.15, -0.1) is 0 Å². The molecule has 0 aliphatic rings. The maximum atomic E-state index is 15.1. The number of benzene rings is 1. The Morgan fingerprint density at radius 3 is 2.71 bits per heavy atom. The zero-order valence-corrected chi connectivity index (χ0v) is 16.6. The molecule has 0 unspecified atom stereocenters. The van der Waals surface area contributed by atoms with Crippen LogP contribution in [0.25, 0.3) is 11.0 Å². The highest BCUT2D eigenvalue weighted by Gasteiger charge is 2.27. The first kappa shape index (κ1) is 20.3. The smallest absolute Gasteiger partial charge is 0.263 e. The molecule has 31 heavy (non-hydrogen) atoms. The van der Waals surface area contributed by atoms with Crippen LogP contribution in [0, 0.1) is 11.6 Å². The number of H-pyrrole nitrogens is 1. The molecule has 0 aliphatic carbocycles. The number of carbonyl (C=O) groups excluding carboxylic acids is 1. The number of ether oxygens (including phenoxy) is 1. The number of rotatable bonds is 6. The maximum absolute atomic E-state index is 15.1. The third kappa shape index (κ3) is 3.57. The van der Waals surface area contributed by atoms with E-state index in [1.54, 1.807) is 0 Å². The van der Waals surface area contributed by atoms with E-state index in [4.69, 9.17) is 4.74 Å². The molecular formula is C19H13F2N5O4S. The van der Waals surface area contributed by atoms with Crippen LogP contribution < -0.4 is 9.46 Å². The summed E-state index contributed by atoms with van der Waals surface area (Å²) in [5, 5.41) is 0.134. The van der Waals surface area contributed by atoms with Crippen LogP contribution in [-0.4, -0.2) is 41.2 Å². The largest absolute Gasteiger partial charge is 0.480 e. The molecule has 0 spiro atoms. The van der Waals surface area contributed by atoms with Crippen LogP contribution in [0.5, 0.6) is 5.88 Å². The Bertz CT molecular complexity index is 1410. The van der Waals surface area contributed by atoms with Gasteiger partial charge in [0, 0.05) is 18.6 Å². The minimum absolute atomic E-state index is 0.0313. The summed E-state index contributed by atoms with van der Waals surface area (Å²) in [4.78, 5) is 27.0. The van der Waals surface area contributed by atoms with Crippen LogP contribution >= 0.6 is 0 Å². The first-order chi connectivity index (χ1) is 14.8. The Kier molecular flexibility index (Phi) is 5.07. The number of nitrogens with zero attached hydrogens (tertiary/aromatic N) is 3. The average Bonchev–Trinajstić information content (AvgIpc) is 3.21. The Morgan fingerprint density at radius 1 is 1.19 bits per heavy atom. The number of methoxy groups -OCH3 is 1. The number of pyridine rings is 1. The number of hydrogen-bond donors (Lipinski definition) is 2. The Morgan fingerprint density at radius 2 is 2.00 bits per heavy atom. The molecule has 3 heterocycles. The predicted molar refractivity (Wildman–Crippen MR) is 105 cm³/mol. The van der Waals surface area contributed by atoms with Crippen molar-refractivity contribution in [2.45, 2.75) is 4.90 Å². The first-order valence-corrected chi connectivity index (χ1v) is 10.1. The lowest BCUT2D eigenvalue weighted by Crippen LogP contribution is -2.16. The van der Waals surface area contributed by atoms with Gasteiger partial charge in [0.25, 0.3) is 10.0 Å². The number of ketones is 1. The first-order valence-electron chi connectivity index (χ1n) is 8.65. The van der Waals surface area contributed by atoms with Gasteiger partial charge >= 0.3 is 0 Å². The Labute approximate surface area is 174 Å². The van der Waals surface area contributed by atoms with Gasteiger partial charge in [-0.25, -0.2) is 27.2 Å². The summed E-state index contributed by atoms with van der Waals surface area (Å²) in [5.41, 5.74) is -1.46. The van der Waals surface area contributed by atoms with Crippen LogP contribution in [0.3, 0.4) is 0 Å². The molecule has 0 atom stereocenters. The molecule has 0 saturated carbocycles. The van der Waals surface area contributed by atoms with Gasteiger partial charge in [-0.1, -0.05) is 0 Å². The number of hydrogen-bond acceptors (Lipinski definition) is 7. The second-order valence-electron chi connectivity index (χ2n) is 6.22. The van der Waals surface area contributed by atoms with Crippen molar-refractivity contribution >= 4 is 32.5 Å². The Hall–Kier alpha value is -3.93. The van der Waals surface area contributed by atoms with E-state index < -0.39 is 38.7 Å². The monoisotopic (exact) mass is 445 g/mol. The molecule has 4 aromatic rings. The molecular weight excluding hydrogens is 432 g/mol. The number of nitrogens with one attached hydrogen (secondary N) is 2. The van der Waals surface area contributed by atoms with Crippen LogP contribution in [-0.2, 0) is 10.0 Å². The van der Waals surface area contributed by atoms with Crippen molar-refractivity contribution in [3.63, 3.8) is 0 Å². The fourth-order valence-corrected chi connectivity index (χ4v) is 3.97. The van der Waals surface area contributed by atoms with Gasteiger partial charge in [0.2, 0.25) is 11.7 Å². The molecule has 4 rings (SSSR count). The second kappa shape index (κ2) is 7.72. The van der Waals surface area contributed by atoms with Crippen LogP contribution in [0.4, 0.5) is 14.5 Å². The van der Waals surface area contributed by atoms with Gasteiger partial charge in [0.15, 0.2) is 5.82 Å². The molecule has 0 saturated heterocycles. The van der Waals surface area contributed by atoms with E-state index in [0.717, 1.165) is 18.3 Å². The summed E-state index contributed by atoms with van der Waals surface area (Å²) in [7, 11) is -2.91. The lowest BCUT2D eigenvalue weighted by molar-refractivity contribution is 0.103. The van der Waals surface area contributed by atoms with Gasteiger partial charge in [0.05, 0.1) is 29.3 Å². The van der Waals surface area contributed by atoms with E-state index in [1.165, 1.54) is 38.0 Å². The van der Waals surface area contributed by atoms with Crippen molar-refractivity contribution in [1.29, 1.82) is 0 Å². The highest BCUT2D eigenvalue weighted by molar-refractivity contribution is 7.92. The van der Waals surface area contributed by atoms with Gasteiger partial charge in [-0.2, -0.15) is 0 Å². The van der Waals surface area contributed by atoms with Gasteiger partial charge < -0.3 is 9.72 Å². The SMILES string of the molecule is COc1ncnc2[nH]cc(C(=O)c3c(F)ccc(NS(=O)(=O)c4cccnc4)c3F)c12. The van der Waals surface area contributed by atoms with Crippen molar-refractivity contribution in [1.82, 2.24) is 19.9 Å². The van der Waals surface area contributed by atoms with Crippen molar-refractivity contribution < 1.29 is 26.7 Å². The number of sulfonamides is 1. The summed E-state index contributed by atoms with van der Waals surface area (Å²) < 4.78 is 61.7. The van der Waals surface area contributed by atoms with Crippen molar-refractivity contribution in [2.75, 3.05) is 11.8 Å². The fraction of sp³-hybridized carbons (Fsp3) is 0.0526. The molecule has 12 heteroatoms. The zero-order valence-electron chi connectivity index (χ0n) is 15.8. The van der Waals surface area contributed by atoms with E-state index in [0.29, 0.717) is 0 Å². The normalized spacial score (nSPS) is 11.5. The van der Waals surface area contributed by atoms with Crippen LogP contribution in [0.15, 0.2) is 54.1 Å². The summed E-state index contributed by atoms with van der Waals surface area (Å²) in [6.45, 7) is 0. The lowest BCUT2D eigenvalue weighted by Gasteiger charge is -2.12. The molecule has 0 radical (unpaired) electrons. The quantitative estimate of drug-likeness (QED) is 0.437. The molecule has 0 aliphatic heterocycles. The van der Waals surface area contributed by atoms with Crippen LogP contribution in [0.1, 0.15) is 15.9 Å². The van der Waals surface area contributed by atoms with Crippen molar-refractivity contribution in [3.05, 3.63) is 71.9 Å². The summed E-state index contributed by atoms with van der Waals surface area (Å²) >= 11 is 0. The van der Waals surface area contributed by atoms with E-state index in [9.17, 15) is 17.6 Å². The minimum Gasteiger partial charge on any atom is -0.480 e. The number of carbonyl (C=O) groups is 1. The van der Waals surface area contributed by atoms with E-state index in [2.05, 4.69) is 19.9 Å². The second-order valence-corrected chi connectivity index (χ2v) is 7.90. The van der Waals surface area contributed by atoms with Gasteiger partial charge in [-0.05, 0) is 24.3 Å². The third-order valence-corrected chi connectivity index (χ3v) is 5.73. The van der Waals surface area contributed by atoms with Crippen molar-refractivity contribution in [3.8, 4) is 5.88 Å². The van der Waals surface area contributed by atoms with E-state index in [-0.39, 0.29) is 27.4 Å². The highest BCUT2D eigenvalue weighted by atomic mass is 32.2. The average molecular weight is 445 g/mol. The number of halogens is 2. The molecule has 3 aromatic heterocycles. The zero-order chi connectivity index (χ0) is 22.2. The lowest BCUT2D eigenvalue weighted by atomic mass is 10.0. The molecule has 0 bridgehead atoms. The summed E-state index contributed by atoms with van der Waals surface area (Å²) in [6.07, 6.45) is 4.85. The number of fused-ring (bicyclic) bond motifs is 1. The molecule has 0 amide bonds. The topological polar surface area (TPSA) is 127 Å². The predicted octanol–water partition coefficient (Wildman–Crippen LogP) is 2.67. The molecule has 0 fully saturated rings. The number of anilines is 1. The van der Waals surface area contributed by atoms with Gasteiger partial charge in [-0.3, -0.25) is 14.5 Å². The van der Waals surface area contributed by atoms with Gasteiger partial charge in [0.1, 0.15) is 22.7 Å². The standard InChI is InChI=1S/C19H13F2N5O4S/c1-30-19-14-11(8-23-18(14)24-9-25-19)17(27)15-12(20)4-5-13(16(15)21)26-31(28,29)10-3-2-6-22-7-10/h2-9,26H,1H3,(H,23,24,25). The molecule has 2 N–H and O–H groups in total. The van der Waals surface area contributed by atoms with E-state index >= 15 is 4.39 Å². The Balaban J connectivity index is 1.80. The highest BCUT2D eigenvalue weighted by Crippen LogP contribution is 2.30. The summed E-state index contributed by atoms with van der Waals surface area (Å²) in [6, 6.07) is 4.31. The van der Waals surface area contributed by atoms with Crippen LogP contribution in [0.2, 0.25) is 0 Å². The maximum Gasteiger partial charge on any atom is 0.263 e. The van der Waals surface area contributed by atoms with Crippen molar-refractivity contribution in [2.24, 2.45) is 0 Å². The summed E-state index contributed by atoms with van der Waals surface area (Å²) in [5.74, 6) is -3.56. The fourth-order valence-electron chi connectivity index (χ4n) is 2.95. The minimum atomic E-state index is -4.22. The molecule has 9 nitrogen and oxygen atoms in total. The third-order valence-electron chi connectivity index (χ3n) is 4.38. The number of aromatic nitrogens is 4. The molecule has 1 aromatic carbocycles. The number of aromatic amines is 1. The van der Waals surface area contributed by atoms with E-state index in [1.807, 2.05) is 4.72 Å². The molecule has 158 valence electrons.